The number of hydrogen-bond donors (Lipinski definition) is 3. The maximum Gasteiger partial charge on any atom is 0.434 e. The molecule has 0 saturated heterocycles. The molecule has 1 unspecified atom stereocenters. The fourth-order valence-corrected chi connectivity index (χ4v) is 2.28. The first kappa shape index (κ1) is 19.9. The first-order valence-electron chi connectivity index (χ1n) is 7.57. The van der Waals surface area contributed by atoms with Crippen molar-refractivity contribution in [2.45, 2.75) is 26.1 Å². The number of carboxylic acids is 1. The highest BCUT2D eigenvalue weighted by molar-refractivity contribution is 5.96. The molecule has 2 amide bonds. The van der Waals surface area contributed by atoms with Gasteiger partial charge in [-0.15, -0.1) is 0 Å². The summed E-state index contributed by atoms with van der Waals surface area (Å²) in [6.45, 7) is 2.73. The molecule has 0 bridgehead atoms. The number of nitrogens with one attached hydrogen (secondary N) is 2. The average Bonchev–Trinajstić information content (AvgIpc) is 3.00. The number of halogens is 3. The number of anilines is 1. The van der Waals surface area contributed by atoms with Crippen LogP contribution in [0.4, 0.5) is 18.9 Å². The zero-order valence-electron chi connectivity index (χ0n) is 14.2. The third-order valence-electron chi connectivity index (χ3n) is 3.46. The summed E-state index contributed by atoms with van der Waals surface area (Å²) in [4.78, 5) is 33.8. The normalized spacial score (nSPS) is 12.3. The zero-order valence-corrected chi connectivity index (χ0v) is 14.2. The van der Waals surface area contributed by atoms with Crippen LogP contribution in [0.2, 0.25) is 0 Å². The molecule has 0 radical (unpaired) electrons. The second-order valence-electron chi connectivity index (χ2n) is 5.58. The molecule has 3 N–H and O–H groups in total. The number of nitrogens with zero attached hydrogens (tertiary/aromatic N) is 2. The molecule has 1 aromatic heterocycles. The Kier molecular flexibility index (Phi) is 5.52. The van der Waals surface area contributed by atoms with Crippen molar-refractivity contribution in [1.29, 1.82) is 0 Å². The SMILES string of the molecule is CC(=O)NC(C)C(=O)Nc1ccc(-n2ncc(C(=O)O)c2C(F)(F)F)cc1. The van der Waals surface area contributed by atoms with Crippen molar-refractivity contribution in [3.8, 4) is 5.69 Å². The summed E-state index contributed by atoms with van der Waals surface area (Å²) in [6, 6.07) is 4.34. The highest BCUT2D eigenvalue weighted by Gasteiger charge is 2.40. The Bertz CT molecular complexity index is 875. The van der Waals surface area contributed by atoms with Crippen LogP contribution in [0.25, 0.3) is 5.69 Å². The summed E-state index contributed by atoms with van der Waals surface area (Å²) in [5, 5.41) is 17.3. The molecule has 2 aromatic rings. The molecule has 2 rings (SSSR count). The fraction of sp³-hybridized carbons (Fsp3) is 0.250. The van der Waals surface area contributed by atoms with Gasteiger partial charge in [-0.25, -0.2) is 9.48 Å². The van der Waals surface area contributed by atoms with Crippen LogP contribution < -0.4 is 10.6 Å². The van der Waals surface area contributed by atoms with Crippen molar-refractivity contribution in [2.24, 2.45) is 0 Å². The largest absolute Gasteiger partial charge is 0.478 e. The van der Waals surface area contributed by atoms with Gasteiger partial charge in [-0.3, -0.25) is 9.59 Å². The molecule has 1 atom stereocenters. The van der Waals surface area contributed by atoms with Gasteiger partial charge in [0.1, 0.15) is 11.6 Å². The number of benzene rings is 1. The van der Waals surface area contributed by atoms with E-state index in [-0.39, 0.29) is 17.3 Å². The zero-order chi connectivity index (χ0) is 20.4. The van der Waals surface area contributed by atoms with Gasteiger partial charge in [0.25, 0.3) is 0 Å². The summed E-state index contributed by atoms with van der Waals surface area (Å²) in [5.41, 5.74) is -2.14. The molecule has 1 heterocycles. The number of aromatic nitrogens is 2. The number of hydrogen-bond acceptors (Lipinski definition) is 4. The Balaban J connectivity index is 2.27. The van der Waals surface area contributed by atoms with E-state index >= 15 is 0 Å². The van der Waals surface area contributed by atoms with E-state index in [0.717, 1.165) is 0 Å². The number of amides is 2. The van der Waals surface area contributed by atoms with Gasteiger partial charge >= 0.3 is 12.1 Å². The molecule has 27 heavy (non-hydrogen) atoms. The predicted molar refractivity (Wildman–Crippen MR) is 87.4 cm³/mol. The first-order chi connectivity index (χ1) is 12.5. The topological polar surface area (TPSA) is 113 Å². The second-order valence-corrected chi connectivity index (χ2v) is 5.58. The standard InChI is InChI=1S/C16H15F3N4O4/c1-8(21-9(2)24)14(25)22-10-3-5-11(6-4-10)23-13(16(17,18)19)12(7-20-23)15(26)27/h3-8H,1-2H3,(H,21,24)(H,22,25)(H,26,27). The molecule has 8 nitrogen and oxygen atoms in total. The van der Waals surface area contributed by atoms with E-state index in [2.05, 4.69) is 15.7 Å². The maximum absolute atomic E-state index is 13.2. The molecule has 0 aliphatic rings. The number of rotatable bonds is 5. The van der Waals surface area contributed by atoms with Gasteiger partial charge in [0, 0.05) is 12.6 Å². The van der Waals surface area contributed by atoms with E-state index in [1.807, 2.05) is 0 Å². The lowest BCUT2D eigenvalue weighted by molar-refractivity contribution is -0.143. The number of aromatic carboxylic acids is 1. The summed E-state index contributed by atoms with van der Waals surface area (Å²) >= 11 is 0. The van der Waals surface area contributed by atoms with Gasteiger partial charge in [0.15, 0.2) is 5.69 Å². The highest BCUT2D eigenvalue weighted by atomic mass is 19.4. The Morgan fingerprint density at radius 3 is 2.26 bits per heavy atom. The third kappa shape index (κ3) is 4.63. The number of carbonyl (C=O) groups excluding carboxylic acids is 2. The van der Waals surface area contributed by atoms with Crippen molar-refractivity contribution >= 4 is 23.5 Å². The predicted octanol–water partition coefficient (Wildman–Crippen LogP) is 2.05. The van der Waals surface area contributed by atoms with Gasteiger partial charge in [-0.1, -0.05) is 0 Å². The molecule has 0 spiro atoms. The molecule has 1 aromatic carbocycles. The van der Waals surface area contributed by atoms with Crippen LogP contribution >= 0.6 is 0 Å². The molecule has 0 aliphatic carbocycles. The molecule has 0 fully saturated rings. The van der Waals surface area contributed by atoms with Gasteiger partial charge in [-0.2, -0.15) is 18.3 Å². The highest BCUT2D eigenvalue weighted by Crippen LogP contribution is 2.33. The Morgan fingerprint density at radius 1 is 1.19 bits per heavy atom. The summed E-state index contributed by atoms with van der Waals surface area (Å²) < 4.78 is 40.1. The van der Waals surface area contributed by atoms with E-state index in [0.29, 0.717) is 10.9 Å². The van der Waals surface area contributed by atoms with Crippen LogP contribution in [0.5, 0.6) is 0 Å². The van der Waals surface area contributed by atoms with E-state index in [1.54, 1.807) is 0 Å². The van der Waals surface area contributed by atoms with Crippen molar-refractivity contribution in [3.05, 3.63) is 41.7 Å². The molecule has 144 valence electrons. The first-order valence-corrected chi connectivity index (χ1v) is 7.57. The van der Waals surface area contributed by atoms with Gasteiger partial charge in [0.05, 0.1) is 11.9 Å². The van der Waals surface area contributed by atoms with Crippen molar-refractivity contribution in [2.75, 3.05) is 5.32 Å². The van der Waals surface area contributed by atoms with Crippen LogP contribution in [0.15, 0.2) is 30.5 Å². The van der Waals surface area contributed by atoms with E-state index in [1.165, 1.54) is 38.1 Å². The smallest absolute Gasteiger partial charge is 0.434 e. The Morgan fingerprint density at radius 2 is 1.78 bits per heavy atom. The van der Waals surface area contributed by atoms with E-state index < -0.39 is 35.4 Å². The van der Waals surface area contributed by atoms with Crippen LogP contribution in [0.1, 0.15) is 29.9 Å². The number of carboxylic acid groups (broad SMARTS) is 1. The van der Waals surface area contributed by atoms with Gasteiger partial charge < -0.3 is 15.7 Å². The molecule has 0 saturated carbocycles. The molecule has 0 aliphatic heterocycles. The van der Waals surface area contributed by atoms with Crippen LogP contribution in [-0.4, -0.2) is 38.7 Å². The lowest BCUT2D eigenvalue weighted by Crippen LogP contribution is -2.40. The maximum atomic E-state index is 13.2. The average molecular weight is 384 g/mol. The second kappa shape index (κ2) is 7.48. The van der Waals surface area contributed by atoms with E-state index in [9.17, 15) is 27.6 Å². The minimum atomic E-state index is -4.93. The Labute approximate surface area is 151 Å². The molecular formula is C16H15F3N4O4. The minimum Gasteiger partial charge on any atom is -0.478 e. The Hall–Kier alpha value is -3.37. The summed E-state index contributed by atoms with van der Waals surface area (Å²) in [7, 11) is 0. The number of carbonyl (C=O) groups is 3. The van der Waals surface area contributed by atoms with E-state index in [4.69, 9.17) is 5.11 Å². The van der Waals surface area contributed by atoms with Crippen molar-refractivity contribution < 1.29 is 32.7 Å². The summed E-state index contributed by atoms with van der Waals surface area (Å²) in [5.74, 6) is -2.65. The lowest BCUT2D eigenvalue weighted by atomic mass is 10.2. The lowest BCUT2D eigenvalue weighted by Gasteiger charge is -2.14. The van der Waals surface area contributed by atoms with Crippen LogP contribution in [0, 0.1) is 0 Å². The third-order valence-corrected chi connectivity index (χ3v) is 3.46. The monoisotopic (exact) mass is 384 g/mol. The van der Waals surface area contributed by atoms with Crippen molar-refractivity contribution in [3.63, 3.8) is 0 Å². The van der Waals surface area contributed by atoms with Crippen LogP contribution in [0.3, 0.4) is 0 Å². The fourth-order valence-electron chi connectivity index (χ4n) is 2.28. The summed E-state index contributed by atoms with van der Waals surface area (Å²) in [6.07, 6.45) is -4.30. The van der Waals surface area contributed by atoms with Crippen molar-refractivity contribution in [1.82, 2.24) is 15.1 Å². The quantitative estimate of drug-likeness (QED) is 0.730. The molecular weight excluding hydrogens is 369 g/mol. The molecule has 11 heteroatoms. The van der Waals surface area contributed by atoms with Gasteiger partial charge in [0.2, 0.25) is 11.8 Å². The van der Waals surface area contributed by atoms with Crippen LogP contribution in [-0.2, 0) is 15.8 Å². The minimum absolute atomic E-state index is 0.0391. The van der Waals surface area contributed by atoms with Gasteiger partial charge in [-0.05, 0) is 31.2 Å². The number of alkyl halides is 3.